The molecule has 2 amide bonds. The number of likely N-dealkylation sites (N-methyl/N-ethyl adjacent to an activating group) is 1. The SMILES string of the molecule is Cc1ccc([C@H](C(=O)NC2CCN(C(=O)C3CCCC3)CC2)N(C)C)cc1. The van der Waals surface area contributed by atoms with E-state index in [0.29, 0.717) is 5.91 Å². The van der Waals surface area contributed by atoms with E-state index >= 15 is 0 Å². The molecule has 148 valence electrons. The number of benzene rings is 1. The van der Waals surface area contributed by atoms with Gasteiger partial charge in [-0.2, -0.15) is 0 Å². The standard InChI is InChI=1S/C22H33N3O2/c1-16-8-10-17(11-9-16)20(24(2)3)21(26)23-19-12-14-25(15-13-19)22(27)18-6-4-5-7-18/h8-11,18-20H,4-7,12-15H2,1-3H3,(H,23,26)/t20-/m1/s1. The number of piperidine rings is 1. The first-order chi connectivity index (χ1) is 13.0. The van der Waals surface area contributed by atoms with Gasteiger partial charge in [-0.05, 0) is 52.3 Å². The van der Waals surface area contributed by atoms with Crippen molar-refractivity contribution in [3.8, 4) is 0 Å². The average molecular weight is 372 g/mol. The van der Waals surface area contributed by atoms with Crippen molar-refractivity contribution in [2.45, 2.75) is 57.5 Å². The molecule has 0 aromatic heterocycles. The van der Waals surface area contributed by atoms with Crippen molar-refractivity contribution in [2.75, 3.05) is 27.2 Å². The van der Waals surface area contributed by atoms with Crippen LogP contribution in [0.25, 0.3) is 0 Å². The molecule has 1 saturated carbocycles. The predicted octanol–water partition coefficient (Wildman–Crippen LogP) is 2.90. The summed E-state index contributed by atoms with van der Waals surface area (Å²) in [6.45, 7) is 3.57. The topological polar surface area (TPSA) is 52.7 Å². The van der Waals surface area contributed by atoms with Crippen LogP contribution in [-0.4, -0.2) is 54.8 Å². The number of aryl methyl sites for hydroxylation is 1. The molecule has 1 heterocycles. The van der Waals surface area contributed by atoms with Gasteiger partial charge < -0.3 is 10.2 Å². The molecule has 2 fully saturated rings. The van der Waals surface area contributed by atoms with Gasteiger partial charge >= 0.3 is 0 Å². The lowest BCUT2D eigenvalue weighted by molar-refractivity contribution is -0.136. The molecular weight excluding hydrogens is 338 g/mol. The maximum Gasteiger partial charge on any atom is 0.242 e. The molecule has 1 aromatic rings. The van der Waals surface area contributed by atoms with E-state index in [1.54, 1.807) is 0 Å². The number of rotatable bonds is 5. The van der Waals surface area contributed by atoms with Crippen LogP contribution in [0.5, 0.6) is 0 Å². The van der Waals surface area contributed by atoms with E-state index in [4.69, 9.17) is 0 Å². The molecular formula is C22H33N3O2. The highest BCUT2D eigenvalue weighted by atomic mass is 16.2. The quantitative estimate of drug-likeness (QED) is 0.866. The molecule has 1 N–H and O–H groups in total. The van der Waals surface area contributed by atoms with Gasteiger partial charge in [0.25, 0.3) is 0 Å². The first kappa shape index (κ1) is 19.9. The zero-order chi connectivity index (χ0) is 19.4. The molecule has 1 aromatic carbocycles. The number of carbonyl (C=O) groups excluding carboxylic acids is 2. The minimum atomic E-state index is -0.288. The number of hydrogen-bond acceptors (Lipinski definition) is 3. The van der Waals surface area contributed by atoms with Gasteiger partial charge in [0.1, 0.15) is 6.04 Å². The van der Waals surface area contributed by atoms with Gasteiger partial charge in [-0.3, -0.25) is 14.5 Å². The monoisotopic (exact) mass is 371 g/mol. The Bertz CT molecular complexity index is 642. The molecule has 5 nitrogen and oxygen atoms in total. The Hall–Kier alpha value is -1.88. The molecule has 0 radical (unpaired) electrons. The van der Waals surface area contributed by atoms with Crippen LogP contribution in [0, 0.1) is 12.8 Å². The van der Waals surface area contributed by atoms with Crippen LogP contribution >= 0.6 is 0 Å². The number of carbonyl (C=O) groups is 2. The maximum atomic E-state index is 12.9. The van der Waals surface area contributed by atoms with Gasteiger partial charge in [-0.25, -0.2) is 0 Å². The summed E-state index contributed by atoms with van der Waals surface area (Å²) in [6.07, 6.45) is 6.17. The fraction of sp³-hybridized carbons (Fsp3) is 0.636. The second kappa shape index (κ2) is 8.87. The smallest absolute Gasteiger partial charge is 0.242 e. The normalized spacial score (nSPS) is 20.1. The van der Waals surface area contributed by atoms with E-state index < -0.39 is 0 Å². The third kappa shape index (κ3) is 4.89. The van der Waals surface area contributed by atoms with Crippen LogP contribution < -0.4 is 5.32 Å². The van der Waals surface area contributed by atoms with Gasteiger partial charge in [0, 0.05) is 25.0 Å². The number of likely N-dealkylation sites (tertiary alicyclic amines) is 1. The maximum absolute atomic E-state index is 12.9. The summed E-state index contributed by atoms with van der Waals surface area (Å²) in [5, 5.41) is 3.22. The Kier molecular flexibility index (Phi) is 6.53. The number of nitrogens with zero attached hydrogens (tertiary/aromatic N) is 2. The lowest BCUT2D eigenvalue weighted by Crippen LogP contribution is -2.49. The molecule has 5 heteroatoms. The highest BCUT2D eigenvalue weighted by Gasteiger charge is 2.31. The molecule has 1 atom stereocenters. The summed E-state index contributed by atoms with van der Waals surface area (Å²) in [4.78, 5) is 29.5. The van der Waals surface area contributed by atoms with Crippen molar-refractivity contribution >= 4 is 11.8 Å². The van der Waals surface area contributed by atoms with Gasteiger partial charge in [-0.15, -0.1) is 0 Å². The van der Waals surface area contributed by atoms with E-state index in [-0.39, 0.29) is 23.9 Å². The highest BCUT2D eigenvalue weighted by molar-refractivity contribution is 5.83. The second-order valence-corrected chi connectivity index (χ2v) is 8.37. The van der Waals surface area contributed by atoms with E-state index in [9.17, 15) is 9.59 Å². The lowest BCUT2D eigenvalue weighted by atomic mass is 9.99. The minimum Gasteiger partial charge on any atom is -0.352 e. The zero-order valence-corrected chi connectivity index (χ0v) is 16.9. The fourth-order valence-corrected chi connectivity index (χ4v) is 4.39. The summed E-state index contributed by atoms with van der Waals surface area (Å²) in [5.41, 5.74) is 2.20. The van der Waals surface area contributed by atoms with Crippen LogP contribution in [-0.2, 0) is 9.59 Å². The fourth-order valence-electron chi connectivity index (χ4n) is 4.39. The van der Waals surface area contributed by atoms with Crippen molar-refractivity contribution in [1.29, 1.82) is 0 Å². The first-order valence-corrected chi connectivity index (χ1v) is 10.3. The summed E-state index contributed by atoms with van der Waals surface area (Å²) >= 11 is 0. The Morgan fingerprint density at radius 2 is 1.63 bits per heavy atom. The number of amides is 2. The summed E-state index contributed by atoms with van der Waals surface area (Å²) < 4.78 is 0. The van der Waals surface area contributed by atoms with E-state index in [2.05, 4.69) is 12.2 Å². The molecule has 1 saturated heterocycles. The van der Waals surface area contributed by atoms with Crippen LogP contribution in [0.3, 0.4) is 0 Å². The minimum absolute atomic E-state index is 0.0458. The third-order valence-corrected chi connectivity index (χ3v) is 6.02. The number of nitrogens with one attached hydrogen (secondary N) is 1. The van der Waals surface area contributed by atoms with Crippen LogP contribution in [0.4, 0.5) is 0 Å². The molecule has 1 aliphatic heterocycles. The van der Waals surface area contributed by atoms with Crippen molar-refractivity contribution in [1.82, 2.24) is 15.1 Å². The Morgan fingerprint density at radius 1 is 1.04 bits per heavy atom. The van der Waals surface area contributed by atoms with E-state index in [0.717, 1.165) is 44.3 Å². The van der Waals surface area contributed by atoms with Crippen LogP contribution in [0.2, 0.25) is 0 Å². The highest BCUT2D eigenvalue weighted by Crippen LogP contribution is 2.28. The van der Waals surface area contributed by atoms with E-state index in [1.165, 1.54) is 18.4 Å². The summed E-state index contributed by atoms with van der Waals surface area (Å²) in [6, 6.07) is 8.02. The number of hydrogen-bond donors (Lipinski definition) is 1. The van der Waals surface area contributed by atoms with Gasteiger partial charge in [0.05, 0.1) is 0 Å². The Morgan fingerprint density at radius 3 is 2.19 bits per heavy atom. The van der Waals surface area contributed by atoms with Crippen molar-refractivity contribution in [2.24, 2.45) is 5.92 Å². The van der Waals surface area contributed by atoms with Gasteiger partial charge in [-0.1, -0.05) is 42.7 Å². The van der Waals surface area contributed by atoms with Crippen LogP contribution in [0.15, 0.2) is 24.3 Å². The molecule has 3 rings (SSSR count). The molecule has 0 unspecified atom stereocenters. The summed E-state index contributed by atoms with van der Waals surface area (Å²) in [5.74, 6) is 0.628. The molecule has 0 spiro atoms. The largest absolute Gasteiger partial charge is 0.352 e. The molecule has 27 heavy (non-hydrogen) atoms. The second-order valence-electron chi connectivity index (χ2n) is 8.37. The van der Waals surface area contributed by atoms with Crippen LogP contribution in [0.1, 0.15) is 55.7 Å². The van der Waals surface area contributed by atoms with Crippen molar-refractivity contribution < 1.29 is 9.59 Å². The predicted molar refractivity (Wildman–Crippen MR) is 107 cm³/mol. The van der Waals surface area contributed by atoms with E-state index in [1.807, 2.05) is 48.2 Å². The Balaban J connectivity index is 1.54. The zero-order valence-electron chi connectivity index (χ0n) is 16.9. The van der Waals surface area contributed by atoms with Crippen molar-refractivity contribution in [3.63, 3.8) is 0 Å². The average Bonchev–Trinajstić information content (AvgIpc) is 3.18. The van der Waals surface area contributed by atoms with Gasteiger partial charge in [0.15, 0.2) is 0 Å². The molecule has 2 aliphatic rings. The Labute approximate surface area is 163 Å². The molecule has 0 bridgehead atoms. The third-order valence-electron chi connectivity index (χ3n) is 6.02. The van der Waals surface area contributed by atoms with Crippen molar-refractivity contribution in [3.05, 3.63) is 35.4 Å². The molecule has 1 aliphatic carbocycles. The summed E-state index contributed by atoms with van der Waals surface area (Å²) in [7, 11) is 3.87. The first-order valence-electron chi connectivity index (χ1n) is 10.3. The van der Waals surface area contributed by atoms with Gasteiger partial charge in [0.2, 0.25) is 11.8 Å². The lowest BCUT2D eigenvalue weighted by Gasteiger charge is -2.35.